The number of rotatable bonds is 5. The molecule has 3 nitrogen and oxygen atoms in total. The van der Waals surface area contributed by atoms with E-state index in [0.29, 0.717) is 6.04 Å². The van der Waals surface area contributed by atoms with E-state index < -0.39 is 0 Å². The van der Waals surface area contributed by atoms with Crippen molar-refractivity contribution in [1.82, 2.24) is 5.32 Å². The standard InChI is InChI=1S/C15H24N2O/c1-4-16-10-13-5-6-15(12(2)9-13)17(3)14-7-8-18-11-14/h5-6,9,14,16H,4,7-8,10-11H2,1-3H3. The van der Waals surface area contributed by atoms with Gasteiger partial charge in [-0.15, -0.1) is 0 Å². The quantitative estimate of drug-likeness (QED) is 0.865. The van der Waals surface area contributed by atoms with Crippen molar-refractivity contribution in [2.24, 2.45) is 0 Å². The highest BCUT2D eigenvalue weighted by Crippen LogP contribution is 2.24. The Bertz CT molecular complexity index is 386. The average Bonchev–Trinajstić information content (AvgIpc) is 2.89. The van der Waals surface area contributed by atoms with Crippen molar-refractivity contribution in [3.05, 3.63) is 29.3 Å². The van der Waals surface area contributed by atoms with Crippen molar-refractivity contribution in [2.75, 3.05) is 31.7 Å². The van der Waals surface area contributed by atoms with E-state index in [1.165, 1.54) is 16.8 Å². The molecule has 1 aromatic rings. The maximum Gasteiger partial charge on any atom is 0.0670 e. The fraction of sp³-hybridized carbons (Fsp3) is 0.600. The summed E-state index contributed by atoms with van der Waals surface area (Å²) in [4.78, 5) is 2.36. The molecule has 0 aromatic heterocycles. The molecule has 3 heteroatoms. The van der Waals surface area contributed by atoms with Gasteiger partial charge < -0.3 is 15.0 Å². The second-order valence-electron chi connectivity index (χ2n) is 5.03. The Morgan fingerprint density at radius 2 is 2.28 bits per heavy atom. The second-order valence-corrected chi connectivity index (χ2v) is 5.03. The summed E-state index contributed by atoms with van der Waals surface area (Å²) in [7, 11) is 2.17. The third-order valence-corrected chi connectivity index (χ3v) is 3.67. The first kappa shape index (κ1) is 13.4. The minimum Gasteiger partial charge on any atom is -0.379 e. The van der Waals surface area contributed by atoms with Crippen LogP contribution in [0, 0.1) is 6.92 Å². The molecule has 1 aromatic carbocycles. The van der Waals surface area contributed by atoms with Gasteiger partial charge in [-0.1, -0.05) is 19.1 Å². The van der Waals surface area contributed by atoms with Crippen LogP contribution in [0.2, 0.25) is 0 Å². The lowest BCUT2D eigenvalue weighted by atomic mass is 10.1. The van der Waals surface area contributed by atoms with Gasteiger partial charge in [-0.25, -0.2) is 0 Å². The van der Waals surface area contributed by atoms with Crippen LogP contribution in [0.25, 0.3) is 0 Å². The van der Waals surface area contributed by atoms with Gasteiger partial charge in [0.1, 0.15) is 0 Å². The van der Waals surface area contributed by atoms with Gasteiger partial charge in [-0.3, -0.25) is 0 Å². The predicted molar refractivity (Wildman–Crippen MR) is 76.2 cm³/mol. The van der Waals surface area contributed by atoms with Crippen LogP contribution < -0.4 is 10.2 Å². The van der Waals surface area contributed by atoms with E-state index in [0.717, 1.165) is 32.7 Å². The molecule has 0 aliphatic carbocycles. The molecule has 1 atom stereocenters. The Morgan fingerprint density at radius 3 is 2.89 bits per heavy atom. The van der Waals surface area contributed by atoms with Crippen LogP contribution >= 0.6 is 0 Å². The summed E-state index contributed by atoms with van der Waals surface area (Å²) in [5.41, 5.74) is 4.03. The van der Waals surface area contributed by atoms with Gasteiger partial charge in [0.05, 0.1) is 12.6 Å². The highest BCUT2D eigenvalue weighted by molar-refractivity contribution is 5.54. The third kappa shape index (κ3) is 3.03. The van der Waals surface area contributed by atoms with Crippen LogP contribution in [0.5, 0.6) is 0 Å². The molecule has 1 unspecified atom stereocenters. The molecule has 1 N–H and O–H groups in total. The minimum absolute atomic E-state index is 0.531. The summed E-state index contributed by atoms with van der Waals surface area (Å²) in [6, 6.07) is 7.27. The number of likely N-dealkylation sites (N-methyl/N-ethyl adjacent to an activating group) is 1. The van der Waals surface area contributed by atoms with Crippen molar-refractivity contribution in [2.45, 2.75) is 32.9 Å². The zero-order valence-electron chi connectivity index (χ0n) is 11.7. The Morgan fingerprint density at radius 1 is 1.44 bits per heavy atom. The number of nitrogens with one attached hydrogen (secondary N) is 1. The SMILES string of the molecule is CCNCc1ccc(N(C)C2CCOC2)c(C)c1. The van der Waals surface area contributed by atoms with Crippen molar-refractivity contribution in [3.63, 3.8) is 0 Å². The van der Waals surface area contributed by atoms with Gasteiger partial charge in [0, 0.05) is 25.9 Å². The van der Waals surface area contributed by atoms with E-state index in [9.17, 15) is 0 Å². The Labute approximate surface area is 110 Å². The highest BCUT2D eigenvalue weighted by atomic mass is 16.5. The normalized spacial score (nSPS) is 19.2. The molecule has 1 heterocycles. The molecule has 1 saturated heterocycles. The van der Waals surface area contributed by atoms with Gasteiger partial charge in [0.15, 0.2) is 0 Å². The molecular formula is C15H24N2O. The lowest BCUT2D eigenvalue weighted by Crippen LogP contribution is -2.32. The second kappa shape index (κ2) is 6.21. The highest BCUT2D eigenvalue weighted by Gasteiger charge is 2.21. The molecule has 1 aliphatic heterocycles. The first-order chi connectivity index (χ1) is 8.72. The van der Waals surface area contributed by atoms with E-state index in [1.54, 1.807) is 0 Å². The van der Waals surface area contributed by atoms with Crippen LogP contribution in [-0.4, -0.2) is 32.8 Å². The molecule has 0 bridgehead atoms. The molecule has 0 radical (unpaired) electrons. The third-order valence-electron chi connectivity index (χ3n) is 3.67. The molecule has 1 fully saturated rings. The zero-order valence-corrected chi connectivity index (χ0v) is 11.7. The van der Waals surface area contributed by atoms with E-state index in [4.69, 9.17) is 4.74 Å². The molecule has 0 spiro atoms. The monoisotopic (exact) mass is 248 g/mol. The average molecular weight is 248 g/mol. The summed E-state index contributed by atoms with van der Waals surface area (Å²) < 4.78 is 5.46. The Balaban J connectivity index is 2.08. The maximum atomic E-state index is 5.46. The lowest BCUT2D eigenvalue weighted by Gasteiger charge is -2.27. The number of anilines is 1. The summed E-state index contributed by atoms with van der Waals surface area (Å²) in [6.45, 7) is 8.04. The first-order valence-electron chi connectivity index (χ1n) is 6.83. The predicted octanol–water partition coefficient (Wildman–Crippen LogP) is 2.33. The summed E-state index contributed by atoms with van der Waals surface area (Å²) in [5.74, 6) is 0. The van der Waals surface area contributed by atoms with Crippen molar-refractivity contribution >= 4 is 5.69 Å². The fourth-order valence-electron chi connectivity index (χ4n) is 2.52. The number of benzene rings is 1. The summed E-state index contributed by atoms with van der Waals surface area (Å²) in [5, 5.41) is 3.36. The van der Waals surface area contributed by atoms with Crippen molar-refractivity contribution < 1.29 is 4.74 Å². The van der Waals surface area contributed by atoms with Crippen LogP contribution in [0.15, 0.2) is 18.2 Å². The lowest BCUT2D eigenvalue weighted by molar-refractivity contribution is 0.193. The summed E-state index contributed by atoms with van der Waals surface area (Å²) >= 11 is 0. The molecule has 0 saturated carbocycles. The first-order valence-corrected chi connectivity index (χ1v) is 6.83. The van der Waals surface area contributed by atoms with Crippen molar-refractivity contribution in [1.29, 1.82) is 0 Å². The molecular weight excluding hydrogens is 224 g/mol. The minimum atomic E-state index is 0.531. The number of nitrogens with zero attached hydrogens (tertiary/aromatic N) is 1. The molecule has 1 aliphatic rings. The number of hydrogen-bond donors (Lipinski definition) is 1. The zero-order chi connectivity index (χ0) is 13.0. The Kier molecular flexibility index (Phi) is 4.61. The van der Waals surface area contributed by atoms with Crippen LogP contribution in [0.4, 0.5) is 5.69 Å². The Hall–Kier alpha value is -1.06. The number of hydrogen-bond acceptors (Lipinski definition) is 3. The van der Waals surface area contributed by atoms with E-state index in [-0.39, 0.29) is 0 Å². The molecule has 18 heavy (non-hydrogen) atoms. The fourth-order valence-corrected chi connectivity index (χ4v) is 2.52. The van der Waals surface area contributed by atoms with Gasteiger partial charge in [0.25, 0.3) is 0 Å². The molecule has 2 rings (SSSR count). The topological polar surface area (TPSA) is 24.5 Å². The van der Waals surface area contributed by atoms with Crippen molar-refractivity contribution in [3.8, 4) is 0 Å². The van der Waals surface area contributed by atoms with Gasteiger partial charge in [0.2, 0.25) is 0 Å². The summed E-state index contributed by atoms with van der Waals surface area (Å²) in [6.07, 6.45) is 1.13. The van der Waals surface area contributed by atoms with Gasteiger partial charge >= 0.3 is 0 Å². The largest absolute Gasteiger partial charge is 0.379 e. The van der Waals surface area contributed by atoms with E-state index in [2.05, 4.69) is 49.3 Å². The van der Waals surface area contributed by atoms with Crippen LogP contribution in [0.1, 0.15) is 24.5 Å². The number of ether oxygens (including phenoxy) is 1. The van der Waals surface area contributed by atoms with E-state index >= 15 is 0 Å². The number of aryl methyl sites for hydroxylation is 1. The van der Waals surface area contributed by atoms with Crippen LogP contribution in [-0.2, 0) is 11.3 Å². The van der Waals surface area contributed by atoms with Gasteiger partial charge in [-0.2, -0.15) is 0 Å². The molecule has 100 valence electrons. The molecule has 0 amide bonds. The van der Waals surface area contributed by atoms with E-state index in [1.807, 2.05) is 0 Å². The van der Waals surface area contributed by atoms with Gasteiger partial charge in [-0.05, 0) is 37.1 Å². The maximum absolute atomic E-state index is 5.46. The smallest absolute Gasteiger partial charge is 0.0670 e. The van der Waals surface area contributed by atoms with Crippen LogP contribution in [0.3, 0.4) is 0 Å².